The zero-order valence-electron chi connectivity index (χ0n) is 15.2. The van der Waals surface area contributed by atoms with E-state index >= 15 is 0 Å². The van der Waals surface area contributed by atoms with Crippen molar-refractivity contribution in [3.05, 3.63) is 33.9 Å². The summed E-state index contributed by atoms with van der Waals surface area (Å²) in [6.45, 7) is 5.63. The fourth-order valence-corrected chi connectivity index (χ4v) is 4.13. The van der Waals surface area contributed by atoms with Crippen LogP contribution in [0.5, 0.6) is 0 Å². The Morgan fingerprint density at radius 1 is 1.40 bits per heavy atom. The molecule has 0 radical (unpaired) electrons. The van der Waals surface area contributed by atoms with Crippen molar-refractivity contribution >= 4 is 23.4 Å². The molecule has 7 heteroatoms. The average molecular weight is 365 g/mol. The van der Waals surface area contributed by atoms with Gasteiger partial charge < -0.3 is 10.2 Å². The molecule has 0 aliphatic carbocycles. The fourth-order valence-electron chi connectivity index (χ4n) is 2.87. The number of benzene rings is 1. The molecule has 0 spiro atoms. The number of nitro benzene ring substituents is 1. The Morgan fingerprint density at radius 2 is 2.08 bits per heavy atom. The second-order valence-electron chi connectivity index (χ2n) is 6.83. The highest BCUT2D eigenvalue weighted by atomic mass is 32.2. The van der Waals surface area contributed by atoms with Gasteiger partial charge in [0.25, 0.3) is 11.6 Å². The van der Waals surface area contributed by atoms with Gasteiger partial charge in [-0.15, -0.1) is 11.8 Å². The first kappa shape index (κ1) is 19.7. The molecular weight excluding hydrogens is 338 g/mol. The van der Waals surface area contributed by atoms with E-state index in [1.165, 1.54) is 17.8 Å². The van der Waals surface area contributed by atoms with E-state index in [1.807, 2.05) is 7.05 Å². The number of rotatable bonds is 7. The zero-order valence-corrected chi connectivity index (χ0v) is 16.0. The summed E-state index contributed by atoms with van der Waals surface area (Å²) in [6.07, 6.45) is 2.82. The van der Waals surface area contributed by atoms with E-state index in [0.29, 0.717) is 35.5 Å². The van der Waals surface area contributed by atoms with Crippen LogP contribution in [-0.4, -0.2) is 47.7 Å². The number of hydrogen-bond acceptors (Lipinski definition) is 5. The molecule has 1 saturated heterocycles. The number of nitrogens with zero attached hydrogens (tertiary/aromatic N) is 2. The molecule has 1 aromatic rings. The molecule has 6 nitrogen and oxygen atoms in total. The molecule has 0 aromatic heterocycles. The van der Waals surface area contributed by atoms with Crippen molar-refractivity contribution in [3.8, 4) is 0 Å². The number of thioether (sulfide) groups is 1. The number of hydrogen-bond donors (Lipinski definition) is 1. The van der Waals surface area contributed by atoms with Gasteiger partial charge in [0.2, 0.25) is 0 Å². The number of carbonyl (C=O) groups is 1. The van der Waals surface area contributed by atoms with Crippen LogP contribution >= 0.6 is 11.8 Å². The fraction of sp³-hybridized carbons (Fsp3) is 0.611. The maximum atomic E-state index is 12.7. The SMILES string of the molecule is CNC1CCN(C(=O)c2ccc(SCCC(C)C)c([N+](=O)[O-])c2)CC1. The van der Waals surface area contributed by atoms with Crippen LogP contribution in [0.2, 0.25) is 0 Å². The summed E-state index contributed by atoms with van der Waals surface area (Å²) in [5, 5.41) is 14.6. The van der Waals surface area contributed by atoms with Crippen LogP contribution in [-0.2, 0) is 0 Å². The number of carbonyl (C=O) groups excluding carboxylic acids is 1. The van der Waals surface area contributed by atoms with E-state index in [2.05, 4.69) is 19.2 Å². The minimum Gasteiger partial charge on any atom is -0.339 e. The van der Waals surface area contributed by atoms with E-state index in [0.717, 1.165) is 25.0 Å². The maximum absolute atomic E-state index is 12.7. The lowest BCUT2D eigenvalue weighted by atomic mass is 10.0. The van der Waals surface area contributed by atoms with Gasteiger partial charge >= 0.3 is 0 Å². The molecular formula is C18H27N3O3S. The lowest BCUT2D eigenvalue weighted by Crippen LogP contribution is -2.43. The van der Waals surface area contributed by atoms with Gasteiger partial charge in [0.15, 0.2) is 0 Å². The van der Waals surface area contributed by atoms with Gasteiger partial charge in [-0.2, -0.15) is 0 Å². The van der Waals surface area contributed by atoms with Crippen molar-refractivity contribution in [1.82, 2.24) is 10.2 Å². The van der Waals surface area contributed by atoms with Crippen LogP contribution < -0.4 is 5.32 Å². The van der Waals surface area contributed by atoms with Crippen LogP contribution in [0.15, 0.2) is 23.1 Å². The van der Waals surface area contributed by atoms with Crippen LogP contribution in [0.1, 0.15) is 43.5 Å². The first-order valence-electron chi connectivity index (χ1n) is 8.80. The third kappa shape index (κ3) is 5.44. The highest BCUT2D eigenvalue weighted by molar-refractivity contribution is 7.99. The van der Waals surface area contributed by atoms with E-state index in [-0.39, 0.29) is 16.5 Å². The molecule has 1 heterocycles. The molecule has 1 aromatic carbocycles. The Balaban J connectivity index is 2.09. The Hall–Kier alpha value is -1.60. The molecule has 0 unspecified atom stereocenters. The van der Waals surface area contributed by atoms with E-state index in [4.69, 9.17) is 0 Å². The Bertz CT molecular complexity index is 614. The maximum Gasteiger partial charge on any atom is 0.283 e. The zero-order chi connectivity index (χ0) is 18.4. The van der Waals surface area contributed by atoms with Crippen molar-refractivity contribution in [3.63, 3.8) is 0 Å². The first-order chi connectivity index (χ1) is 11.9. The van der Waals surface area contributed by atoms with Crippen LogP contribution in [0.3, 0.4) is 0 Å². The van der Waals surface area contributed by atoms with E-state index in [1.54, 1.807) is 17.0 Å². The third-order valence-corrected chi connectivity index (χ3v) is 5.64. The smallest absolute Gasteiger partial charge is 0.283 e. The van der Waals surface area contributed by atoms with Gasteiger partial charge in [-0.1, -0.05) is 13.8 Å². The molecule has 1 amide bonds. The molecule has 0 bridgehead atoms. The van der Waals surface area contributed by atoms with E-state index in [9.17, 15) is 14.9 Å². The number of piperidine rings is 1. The number of likely N-dealkylation sites (tertiary alicyclic amines) is 1. The molecule has 0 saturated carbocycles. The molecule has 0 atom stereocenters. The van der Waals surface area contributed by atoms with Gasteiger partial charge in [-0.25, -0.2) is 0 Å². The van der Waals surface area contributed by atoms with Crippen molar-refractivity contribution in [2.24, 2.45) is 5.92 Å². The quantitative estimate of drug-likeness (QED) is 0.454. The standard InChI is InChI=1S/C18H27N3O3S/c1-13(2)8-11-25-17-5-4-14(12-16(17)21(23)24)18(22)20-9-6-15(19-3)7-10-20/h4-5,12-13,15,19H,6-11H2,1-3H3. The lowest BCUT2D eigenvalue weighted by Gasteiger charge is -2.31. The normalized spacial score (nSPS) is 15.6. The molecule has 2 rings (SSSR count). The second-order valence-corrected chi connectivity index (χ2v) is 7.96. The van der Waals surface area contributed by atoms with E-state index < -0.39 is 0 Å². The Labute approximate surface area is 153 Å². The van der Waals surface area contributed by atoms with Crippen LogP contribution in [0.25, 0.3) is 0 Å². The summed E-state index contributed by atoms with van der Waals surface area (Å²) in [6, 6.07) is 5.32. The molecule has 1 fully saturated rings. The summed E-state index contributed by atoms with van der Waals surface area (Å²) in [4.78, 5) is 26.1. The number of nitro groups is 1. The minimum atomic E-state index is -0.387. The lowest BCUT2D eigenvalue weighted by molar-refractivity contribution is -0.387. The monoisotopic (exact) mass is 365 g/mol. The molecule has 1 aliphatic rings. The summed E-state index contributed by atoms with van der Waals surface area (Å²) < 4.78 is 0. The molecule has 1 aliphatic heterocycles. The van der Waals surface area contributed by atoms with Crippen molar-refractivity contribution in [1.29, 1.82) is 0 Å². The topological polar surface area (TPSA) is 75.5 Å². The highest BCUT2D eigenvalue weighted by Crippen LogP contribution is 2.31. The van der Waals surface area contributed by atoms with Gasteiger partial charge in [-0.05, 0) is 50.1 Å². The number of amides is 1. The average Bonchev–Trinajstić information content (AvgIpc) is 2.61. The van der Waals surface area contributed by atoms with Gasteiger partial charge in [-0.3, -0.25) is 14.9 Å². The molecule has 1 N–H and O–H groups in total. The predicted molar refractivity (Wildman–Crippen MR) is 101 cm³/mol. The second kappa shape index (κ2) is 9.20. The molecule has 25 heavy (non-hydrogen) atoms. The summed E-state index contributed by atoms with van der Waals surface area (Å²) in [5.41, 5.74) is 0.438. The summed E-state index contributed by atoms with van der Waals surface area (Å²) in [5.74, 6) is 1.29. The summed E-state index contributed by atoms with van der Waals surface area (Å²) in [7, 11) is 1.93. The highest BCUT2D eigenvalue weighted by Gasteiger charge is 2.25. The minimum absolute atomic E-state index is 0.0321. The Morgan fingerprint density at radius 3 is 2.64 bits per heavy atom. The van der Waals surface area contributed by atoms with Crippen molar-refractivity contribution in [2.75, 3.05) is 25.9 Å². The largest absolute Gasteiger partial charge is 0.339 e. The van der Waals surface area contributed by atoms with Crippen molar-refractivity contribution < 1.29 is 9.72 Å². The third-order valence-electron chi connectivity index (χ3n) is 4.55. The summed E-state index contributed by atoms with van der Waals surface area (Å²) >= 11 is 1.49. The molecule has 138 valence electrons. The van der Waals surface area contributed by atoms with Gasteiger partial charge in [0.05, 0.1) is 9.82 Å². The Kier molecular flexibility index (Phi) is 7.25. The first-order valence-corrected chi connectivity index (χ1v) is 9.78. The van der Waals surface area contributed by atoms with Crippen LogP contribution in [0, 0.1) is 16.0 Å². The van der Waals surface area contributed by atoms with Gasteiger partial charge in [0, 0.05) is 30.8 Å². The number of nitrogens with one attached hydrogen (secondary N) is 1. The predicted octanol–water partition coefficient (Wildman–Crippen LogP) is 3.56. The van der Waals surface area contributed by atoms with Gasteiger partial charge in [0.1, 0.15) is 0 Å². The van der Waals surface area contributed by atoms with Crippen LogP contribution in [0.4, 0.5) is 5.69 Å². The van der Waals surface area contributed by atoms with Crippen molar-refractivity contribution in [2.45, 2.75) is 44.0 Å².